The lowest BCUT2D eigenvalue weighted by atomic mass is 9.99. The monoisotopic (exact) mass is 251 g/mol. The van der Waals surface area contributed by atoms with Gasteiger partial charge in [-0.3, -0.25) is 0 Å². The van der Waals surface area contributed by atoms with E-state index in [0.29, 0.717) is 5.92 Å². The molecule has 0 aromatic heterocycles. The van der Waals surface area contributed by atoms with Crippen molar-refractivity contribution < 1.29 is 9.84 Å². The van der Waals surface area contributed by atoms with E-state index in [9.17, 15) is 5.11 Å². The summed E-state index contributed by atoms with van der Waals surface area (Å²) < 4.78 is 5.37. The van der Waals surface area contributed by atoms with Crippen molar-refractivity contribution in [1.82, 2.24) is 5.32 Å². The minimum absolute atomic E-state index is 0.125. The van der Waals surface area contributed by atoms with Gasteiger partial charge in [-0.15, -0.1) is 0 Å². The largest absolute Gasteiger partial charge is 0.496 e. The van der Waals surface area contributed by atoms with Crippen LogP contribution in [-0.4, -0.2) is 24.4 Å². The highest BCUT2D eigenvalue weighted by Gasteiger charge is 2.15. The molecular formula is C15H25NO2. The third-order valence-electron chi connectivity index (χ3n) is 3.08. The Balaban J connectivity index is 2.82. The predicted octanol–water partition coefficient (Wildman–Crippen LogP) is 2.68. The Morgan fingerprint density at radius 3 is 2.50 bits per heavy atom. The highest BCUT2D eigenvalue weighted by molar-refractivity contribution is 5.39. The lowest BCUT2D eigenvalue weighted by molar-refractivity contribution is 0.187. The van der Waals surface area contributed by atoms with Crippen molar-refractivity contribution in [3.63, 3.8) is 0 Å². The zero-order valence-corrected chi connectivity index (χ0v) is 12.1. The molecule has 0 amide bonds. The molecule has 0 heterocycles. The van der Waals surface area contributed by atoms with Crippen LogP contribution in [0.1, 0.15) is 44.7 Å². The maximum atomic E-state index is 9.21. The molecular weight excluding hydrogens is 226 g/mol. The van der Waals surface area contributed by atoms with E-state index in [4.69, 9.17) is 4.74 Å². The third-order valence-corrected chi connectivity index (χ3v) is 3.08. The molecule has 0 unspecified atom stereocenters. The van der Waals surface area contributed by atoms with E-state index in [1.807, 2.05) is 19.9 Å². The summed E-state index contributed by atoms with van der Waals surface area (Å²) in [7, 11) is 1.70. The Labute approximate surface area is 110 Å². The zero-order chi connectivity index (χ0) is 13.8. The number of benzene rings is 1. The van der Waals surface area contributed by atoms with E-state index in [1.165, 1.54) is 11.1 Å². The molecule has 1 aromatic rings. The number of hydrogen-bond donors (Lipinski definition) is 2. The smallest absolute Gasteiger partial charge is 0.122 e. The molecule has 0 aliphatic heterocycles. The summed E-state index contributed by atoms with van der Waals surface area (Å²) in [6, 6.07) is 6.24. The van der Waals surface area contributed by atoms with Crippen LogP contribution in [0.5, 0.6) is 5.75 Å². The fourth-order valence-corrected chi connectivity index (χ4v) is 1.74. The number of ether oxygens (including phenoxy) is 1. The van der Waals surface area contributed by atoms with Crippen molar-refractivity contribution >= 4 is 0 Å². The first-order valence-electron chi connectivity index (χ1n) is 6.42. The van der Waals surface area contributed by atoms with Gasteiger partial charge in [0, 0.05) is 12.1 Å². The molecule has 0 aliphatic rings. The second-order valence-electron chi connectivity index (χ2n) is 5.63. The Morgan fingerprint density at radius 2 is 2.00 bits per heavy atom. The van der Waals surface area contributed by atoms with Crippen LogP contribution in [0, 0.1) is 0 Å². The van der Waals surface area contributed by atoms with Crippen molar-refractivity contribution in [1.29, 1.82) is 0 Å². The summed E-state index contributed by atoms with van der Waals surface area (Å²) in [6.07, 6.45) is 0. The first-order valence-corrected chi connectivity index (χ1v) is 6.42. The van der Waals surface area contributed by atoms with Crippen molar-refractivity contribution in [3.8, 4) is 5.75 Å². The van der Waals surface area contributed by atoms with Gasteiger partial charge in [-0.2, -0.15) is 0 Å². The standard InChI is InChI=1S/C15H25NO2/c1-11(2)13-8-12(6-7-14(13)18-5)9-16-15(3,4)10-17/h6-8,11,16-17H,9-10H2,1-5H3. The maximum absolute atomic E-state index is 9.21. The third kappa shape index (κ3) is 4.00. The molecule has 0 spiro atoms. The Kier molecular flexibility index (Phi) is 5.17. The molecule has 0 atom stereocenters. The predicted molar refractivity (Wildman–Crippen MR) is 75.1 cm³/mol. The van der Waals surface area contributed by atoms with Gasteiger partial charge < -0.3 is 15.2 Å². The number of nitrogens with one attached hydrogen (secondary N) is 1. The van der Waals surface area contributed by atoms with Gasteiger partial charge in [-0.05, 0) is 37.0 Å². The minimum Gasteiger partial charge on any atom is -0.496 e. The number of hydrogen-bond acceptors (Lipinski definition) is 3. The average Bonchev–Trinajstić information content (AvgIpc) is 2.36. The van der Waals surface area contributed by atoms with Crippen molar-refractivity contribution in [2.45, 2.75) is 45.7 Å². The van der Waals surface area contributed by atoms with E-state index in [-0.39, 0.29) is 12.1 Å². The van der Waals surface area contributed by atoms with E-state index in [1.54, 1.807) is 7.11 Å². The van der Waals surface area contributed by atoms with Crippen LogP contribution in [0.3, 0.4) is 0 Å². The quantitative estimate of drug-likeness (QED) is 0.816. The molecule has 0 saturated carbocycles. The molecule has 0 saturated heterocycles. The van der Waals surface area contributed by atoms with Gasteiger partial charge in [0.05, 0.1) is 13.7 Å². The molecule has 0 aliphatic carbocycles. The van der Waals surface area contributed by atoms with Gasteiger partial charge in [0.2, 0.25) is 0 Å². The molecule has 3 heteroatoms. The molecule has 3 nitrogen and oxygen atoms in total. The van der Waals surface area contributed by atoms with Crippen LogP contribution in [0.2, 0.25) is 0 Å². The normalized spacial score (nSPS) is 11.9. The fraction of sp³-hybridized carbons (Fsp3) is 0.600. The second-order valence-corrected chi connectivity index (χ2v) is 5.63. The van der Waals surface area contributed by atoms with E-state index < -0.39 is 0 Å². The number of aliphatic hydroxyl groups is 1. The van der Waals surface area contributed by atoms with Gasteiger partial charge in [-0.1, -0.05) is 26.0 Å². The SMILES string of the molecule is COc1ccc(CNC(C)(C)CO)cc1C(C)C. The van der Waals surface area contributed by atoms with Crippen LogP contribution in [-0.2, 0) is 6.54 Å². The fourth-order valence-electron chi connectivity index (χ4n) is 1.74. The maximum Gasteiger partial charge on any atom is 0.122 e. The van der Waals surface area contributed by atoms with Crippen LogP contribution in [0.15, 0.2) is 18.2 Å². The van der Waals surface area contributed by atoms with Crippen molar-refractivity contribution in [3.05, 3.63) is 29.3 Å². The second kappa shape index (κ2) is 6.21. The zero-order valence-electron chi connectivity index (χ0n) is 12.1. The average molecular weight is 251 g/mol. The van der Waals surface area contributed by atoms with Gasteiger partial charge in [-0.25, -0.2) is 0 Å². The molecule has 1 rings (SSSR count). The summed E-state index contributed by atoms with van der Waals surface area (Å²) in [4.78, 5) is 0. The molecule has 0 fully saturated rings. The summed E-state index contributed by atoms with van der Waals surface area (Å²) in [5.41, 5.74) is 2.18. The summed E-state index contributed by atoms with van der Waals surface area (Å²) >= 11 is 0. The topological polar surface area (TPSA) is 41.5 Å². The molecule has 0 radical (unpaired) electrons. The highest BCUT2D eigenvalue weighted by Crippen LogP contribution is 2.27. The minimum atomic E-state index is -0.252. The first kappa shape index (κ1) is 15.0. The van der Waals surface area contributed by atoms with Gasteiger partial charge in [0.15, 0.2) is 0 Å². The van der Waals surface area contributed by atoms with E-state index in [2.05, 4.69) is 31.3 Å². The summed E-state index contributed by atoms with van der Waals surface area (Å²) in [5.74, 6) is 1.38. The lowest BCUT2D eigenvalue weighted by Gasteiger charge is -2.24. The van der Waals surface area contributed by atoms with E-state index in [0.717, 1.165) is 12.3 Å². The Hall–Kier alpha value is -1.06. The Bertz CT molecular complexity index is 386. The van der Waals surface area contributed by atoms with Gasteiger partial charge in [0.25, 0.3) is 0 Å². The highest BCUT2D eigenvalue weighted by atomic mass is 16.5. The Morgan fingerprint density at radius 1 is 1.33 bits per heavy atom. The molecule has 2 N–H and O–H groups in total. The van der Waals surface area contributed by atoms with E-state index >= 15 is 0 Å². The van der Waals surface area contributed by atoms with Crippen LogP contribution < -0.4 is 10.1 Å². The summed E-state index contributed by atoms with van der Waals surface area (Å²) in [6.45, 7) is 9.16. The molecule has 18 heavy (non-hydrogen) atoms. The number of methoxy groups -OCH3 is 1. The lowest BCUT2D eigenvalue weighted by Crippen LogP contribution is -2.42. The van der Waals surface area contributed by atoms with Gasteiger partial charge in [0.1, 0.15) is 5.75 Å². The number of aliphatic hydroxyl groups excluding tert-OH is 1. The summed E-state index contributed by atoms with van der Waals surface area (Å²) in [5, 5.41) is 12.6. The molecule has 1 aromatic carbocycles. The first-order chi connectivity index (χ1) is 8.39. The molecule has 0 bridgehead atoms. The van der Waals surface area contributed by atoms with Gasteiger partial charge >= 0.3 is 0 Å². The molecule has 102 valence electrons. The van der Waals surface area contributed by atoms with Crippen molar-refractivity contribution in [2.75, 3.05) is 13.7 Å². The van der Waals surface area contributed by atoms with Crippen molar-refractivity contribution in [2.24, 2.45) is 0 Å². The number of rotatable bonds is 6. The van der Waals surface area contributed by atoms with Crippen LogP contribution in [0.25, 0.3) is 0 Å². The van der Waals surface area contributed by atoms with Crippen LogP contribution >= 0.6 is 0 Å². The van der Waals surface area contributed by atoms with Crippen LogP contribution in [0.4, 0.5) is 0 Å².